The topological polar surface area (TPSA) is 117 Å². The van der Waals surface area contributed by atoms with Crippen molar-refractivity contribution < 1.29 is 22.7 Å². The zero-order chi connectivity index (χ0) is 15.9. The highest BCUT2D eigenvalue weighted by atomic mass is 32.2. The van der Waals surface area contributed by atoms with Crippen LogP contribution < -0.4 is 5.32 Å². The molecule has 0 spiro atoms. The number of alkyl carbamates (subject to hydrolysis) is 1. The Morgan fingerprint density at radius 1 is 1.40 bits per heavy atom. The molecule has 1 atom stereocenters. The first-order valence-corrected chi connectivity index (χ1v) is 7.91. The summed E-state index contributed by atoms with van der Waals surface area (Å²) in [6.45, 7) is 3.80. The molecule has 8 nitrogen and oxygen atoms in total. The van der Waals surface area contributed by atoms with Gasteiger partial charge in [-0.15, -0.1) is 0 Å². The number of carbonyl (C=O) groups is 2. The number of sulfone groups is 1. The Balaban J connectivity index is 4.83. The summed E-state index contributed by atoms with van der Waals surface area (Å²) >= 11 is 0. The van der Waals surface area contributed by atoms with Crippen molar-refractivity contribution >= 4 is 21.8 Å². The van der Waals surface area contributed by atoms with Gasteiger partial charge in [-0.05, 0) is 5.92 Å². The van der Waals surface area contributed by atoms with E-state index >= 15 is 0 Å². The molecule has 114 valence electrons. The predicted molar refractivity (Wildman–Crippen MR) is 71.2 cm³/mol. The van der Waals surface area contributed by atoms with Crippen LogP contribution in [0.15, 0.2) is 0 Å². The molecule has 0 bridgehead atoms. The molecule has 0 aliphatic heterocycles. The summed E-state index contributed by atoms with van der Waals surface area (Å²) in [5.41, 5.74) is 0. The molecule has 0 aromatic carbocycles. The van der Waals surface area contributed by atoms with Crippen LogP contribution in [0.25, 0.3) is 0 Å². The molecule has 1 N–H and O–H groups in total. The molecule has 0 aliphatic carbocycles. The number of ether oxygens (including phenoxy) is 1. The van der Waals surface area contributed by atoms with E-state index in [-0.39, 0.29) is 12.5 Å². The minimum absolute atomic E-state index is 0.103. The van der Waals surface area contributed by atoms with Crippen molar-refractivity contribution in [2.75, 3.05) is 25.7 Å². The van der Waals surface area contributed by atoms with E-state index < -0.39 is 33.6 Å². The quantitative estimate of drug-likeness (QED) is 0.533. The highest BCUT2D eigenvalue weighted by Gasteiger charge is 2.28. The second-order valence-corrected chi connectivity index (χ2v) is 6.96. The Bertz CT molecular complexity index is 495. The summed E-state index contributed by atoms with van der Waals surface area (Å²) in [7, 11) is -2.33. The molecule has 0 fully saturated rings. The van der Waals surface area contributed by atoms with E-state index in [0.29, 0.717) is 4.90 Å². The molecular formula is C11H19N3O5S. The lowest BCUT2D eigenvalue weighted by Gasteiger charge is -2.19. The average molecular weight is 305 g/mol. The Labute approximate surface area is 118 Å². The van der Waals surface area contributed by atoms with E-state index in [9.17, 15) is 18.0 Å². The molecule has 1 unspecified atom stereocenters. The molecule has 2 amide bonds. The monoisotopic (exact) mass is 305 g/mol. The van der Waals surface area contributed by atoms with Crippen molar-refractivity contribution in [3.05, 3.63) is 0 Å². The Morgan fingerprint density at radius 3 is 2.35 bits per heavy atom. The minimum Gasteiger partial charge on any atom is -0.449 e. The third kappa shape index (κ3) is 7.58. The average Bonchev–Trinajstić information content (AvgIpc) is 2.32. The maximum atomic E-state index is 11.8. The van der Waals surface area contributed by atoms with E-state index in [0.717, 1.165) is 6.26 Å². The lowest BCUT2D eigenvalue weighted by Crippen LogP contribution is -2.50. The number of likely N-dealkylation sites (N-methyl/N-ethyl adjacent to an activating group) is 1. The fourth-order valence-electron chi connectivity index (χ4n) is 1.19. The van der Waals surface area contributed by atoms with Gasteiger partial charge in [-0.3, -0.25) is 9.69 Å². The summed E-state index contributed by atoms with van der Waals surface area (Å²) in [6.07, 6.45) is 1.59. The summed E-state index contributed by atoms with van der Waals surface area (Å²) in [5.74, 6) is -1.32. The van der Waals surface area contributed by atoms with Crippen molar-refractivity contribution in [2.45, 2.75) is 19.9 Å². The van der Waals surface area contributed by atoms with E-state index in [2.05, 4.69) is 5.32 Å². The fraction of sp³-hybridized carbons (Fsp3) is 0.727. The standard InChI is InChI=1S/C11H19N3O5S/c1-8(2)5-19-11(16)13-9(6-20(4,17)18)10(15)14(3)7-12/h8-9H,5-6H2,1-4H3,(H,13,16). The zero-order valence-corrected chi connectivity index (χ0v) is 12.7. The normalized spacial score (nSPS) is 12.4. The minimum atomic E-state index is -3.51. The molecule has 9 heteroatoms. The number of rotatable bonds is 6. The summed E-state index contributed by atoms with van der Waals surface area (Å²) < 4.78 is 27.3. The van der Waals surface area contributed by atoms with Crippen LogP contribution >= 0.6 is 0 Å². The van der Waals surface area contributed by atoms with Crippen molar-refractivity contribution in [2.24, 2.45) is 5.92 Å². The number of hydrogen-bond acceptors (Lipinski definition) is 6. The largest absolute Gasteiger partial charge is 0.449 e. The highest BCUT2D eigenvalue weighted by Crippen LogP contribution is 1.99. The van der Waals surface area contributed by atoms with E-state index in [1.165, 1.54) is 7.05 Å². The molecule has 0 aromatic heterocycles. The maximum Gasteiger partial charge on any atom is 0.407 e. The van der Waals surface area contributed by atoms with E-state index in [1.54, 1.807) is 6.19 Å². The second kappa shape index (κ2) is 7.69. The first-order chi connectivity index (χ1) is 9.06. The van der Waals surface area contributed by atoms with Gasteiger partial charge in [0.15, 0.2) is 6.19 Å². The van der Waals surface area contributed by atoms with E-state index in [1.807, 2.05) is 13.8 Å². The molecule has 20 heavy (non-hydrogen) atoms. The summed E-state index contributed by atoms with van der Waals surface area (Å²) in [6, 6.07) is -1.35. The number of carbonyl (C=O) groups excluding carboxylic acids is 2. The SMILES string of the molecule is CC(C)COC(=O)NC(CS(C)(=O)=O)C(=O)N(C)C#N. The smallest absolute Gasteiger partial charge is 0.407 e. The van der Waals surface area contributed by atoms with Gasteiger partial charge in [-0.1, -0.05) is 13.8 Å². The number of nitriles is 1. The molecule has 0 radical (unpaired) electrons. The van der Waals surface area contributed by atoms with Crippen molar-refractivity contribution in [3.8, 4) is 6.19 Å². The van der Waals surface area contributed by atoms with Gasteiger partial charge in [0.05, 0.1) is 12.4 Å². The molecule has 0 saturated carbocycles. The highest BCUT2D eigenvalue weighted by molar-refractivity contribution is 7.90. The summed E-state index contributed by atoms with van der Waals surface area (Å²) in [4.78, 5) is 23.9. The van der Waals surface area contributed by atoms with Gasteiger partial charge in [0.2, 0.25) is 0 Å². The van der Waals surface area contributed by atoms with Crippen LogP contribution in [-0.4, -0.2) is 57.0 Å². The van der Waals surface area contributed by atoms with Gasteiger partial charge in [0.25, 0.3) is 5.91 Å². The number of nitrogens with one attached hydrogen (secondary N) is 1. The number of hydrogen-bond donors (Lipinski definition) is 1. The van der Waals surface area contributed by atoms with Gasteiger partial charge < -0.3 is 10.1 Å². The van der Waals surface area contributed by atoms with Crippen LogP contribution in [0.1, 0.15) is 13.8 Å². The zero-order valence-electron chi connectivity index (χ0n) is 11.9. The molecule has 0 aromatic rings. The van der Waals surface area contributed by atoms with Crippen LogP contribution in [0.5, 0.6) is 0 Å². The van der Waals surface area contributed by atoms with Gasteiger partial charge in [-0.2, -0.15) is 5.26 Å². The molecule has 0 saturated heterocycles. The molecular weight excluding hydrogens is 286 g/mol. The van der Waals surface area contributed by atoms with Crippen molar-refractivity contribution in [3.63, 3.8) is 0 Å². The van der Waals surface area contributed by atoms with Gasteiger partial charge in [-0.25, -0.2) is 13.2 Å². The van der Waals surface area contributed by atoms with E-state index in [4.69, 9.17) is 10.00 Å². The van der Waals surface area contributed by atoms with Crippen LogP contribution in [0, 0.1) is 17.4 Å². The lowest BCUT2D eigenvalue weighted by molar-refractivity contribution is -0.128. The third-order valence-corrected chi connectivity index (χ3v) is 3.03. The van der Waals surface area contributed by atoms with Crippen molar-refractivity contribution in [1.82, 2.24) is 10.2 Å². The van der Waals surface area contributed by atoms with Crippen molar-refractivity contribution in [1.29, 1.82) is 5.26 Å². The third-order valence-electron chi connectivity index (χ3n) is 2.09. The Morgan fingerprint density at radius 2 is 1.95 bits per heavy atom. The Hall–Kier alpha value is -1.82. The van der Waals surface area contributed by atoms with Gasteiger partial charge in [0.1, 0.15) is 15.9 Å². The van der Waals surface area contributed by atoms with Crippen LogP contribution in [0.2, 0.25) is 0 Å². The number of amides is 2. The predicted octanol–water partition coefficient (Wildman–Crippen LogP) is -0.279. The second-order valence-electron chi connectivity index (χ2n) is 4.78. The summed E-state index contributed by atoms with van der Waals surface area (Å²) in [5, 5.41) is 10.8. The van der Waals surface area contributed by atoms with Gasteiger partial charge in [0, 0.05) is 13.3 Å². The van der Waals surface area contributed by atoms with Crippen LogP contribution in [0.3, 0.4) is 0 Å². The first kappa shape index (κ1) is 18.2. The maximum absolute atomic E-state index is 11.8. The molecule has 0 heterocycles. The fourth-order valence-corrected chi connectivity index (χ4v) is 2.02. The number of nitrogens with zero attached hydrogens (tertiary/aromatic N) is 2. The molecule has 0 aliphatic rings. The first-order valence-electron chi connectivity index (χ1n) is 5.85. The van der Waals surface area contributed by atoms with Crippen LogP contribution in [-0.2, 0) is 19.4 Å². The van der Waals surface area contributed by atoms with Gasteiger partial charge >= 0.3 is 6.09 Å². The molecule has 0 rings (SSSR count). The lowest BCUT2D eigenvalue weighted by atomic mass is 10.2. The van der Waals surface area contributed by atoms with Crippen LogP contribution in [0.4, 0.5) is 4.79 Å². The Kier molecular flexibility index (Phi) is 6.99.